The van der Waals surface area contributed by atoms with Crippen LogP contribution in [0.4, 0.5) is 0 Å². The predicted octanol–water partition coefficient (Wildman–Crippen LogP) is 3.56. The first-order valence-corrected chi connectivity index (χ1v) is 8.66. The molecule has 1 aliphatic heterocycles. The van der Waals surface area contributed by atoms with Crippen molar-refractivity contribution in [3.63, 3.8) is 0 Å². The second-order valence-corrected chi connectivity index (χ2v) is 7.24. The second kappa shape index (κ2) is 6.73. The Balaban J connectivity index is 0.00000169. The Morgan fingerprint density at radius 1 is 1.12 bits per heavy atom. The number of rotatable bonds is 2. The summed E-state index contributed by atoms with van der Waals surface area (Å²) in [5.74, 6) is 1.30. The molecule has 2 aromatic rings. The maximum absolute atomic E-state index is 12.9. The molecule has 4 heteroatoms. The third-order valence-corrected chi connectivity index (χ3v) is 5.87. The van der Waals surface area contributed by atoms with E-state index in [2.05, 4.69) is 30.3 Å². The van der Waals surface area contributed by atoms with Gasteiger partial charge in [0.05, 0.1) is 5.92 Å². The average molecular weight is 345 g/mol. The number of likely N-dealkylation sites (tertiary alicyclic amines) is 1. The van der Waals surface area contributed by atoms with Crippen LogP contribution in [-0.4, -0.2) is 29.9 Å². The molecule has 24 heavy (non-hydrogen) atoms. The van der Waals surface area contributed by atoms with Gasteiger partial charge in [0.2, 0.25) is 5.91 Å². The molecule has 0 aromatic heterocycles. The molecule has 3 nitrogen and oxygen atoms in total. The molecular weight excluding hydrogens is 320 g/mol. The lowest BCUT2D eigenvalue weighted by Crippen LogP contribution is -2.35. The number of halogens is 1. The van der Waals surface area contributed by atoms with Crippen molar-refractivity contribution in [1.82, 2.24) is 4.90 Å². The molecule has 2 aliphatic rings. The lowest BCUT2D eigenvalue weighted by molar-refractivity contribution is -0.131. The van der Waals surface area contributed by atoms with Crippen LogP contribution in [0.25, 0.3) is 10.8 Å². The molecule has 1 saturated heterocycles. The summed E-state index contributed by atoms with van der Waals surface area (Å²) < 4.78 is 0. The van der Waals surface area contributed by atoms with Crippen molar-refractivity contribution in [3.05, 3.63) is 48.0 Å². The van der Waals surface area contributed by atoms with Crippen LogP contribution in [0.5, 0.6) is 0 Å². The van der Waals surface area contributed by atoms with Crippen molar-refractivity contribution < 1.29 is 4.79 Å². The fraction of sp³-hybridized carbons (Fsp3) is 0.450. The summed E-state index contributed by atoms with van der Waals surface area (Å²) in [6.07, 6.45) is 2.30. The summed E-state index contributed by atoms with van der Waals surface area (Å²) in [4.78, 5) is 15.0. The molecule has 1 saturated carbocycles. The van der Waals surface area contributed by atoms with E-state index in [1.807, 2.05) is 24.0 Å². The molecule has 4 rings (SSSR count). The fourth-order valence-corrected chi connectivity index (χ4v) is 4.38. The Kier molecular flexibility index (Phi) is 4.84. The highest BCUT2D eigenvalue weighted by Crippen LogP contribution is 2.38. The largest absolute Gasteiger partial charge is 0.342 e. The Hall–Kier alpha value is -1.58. The summed E-state index contributed by atoms with van der Waals surface area (Å²) >= 11 is 0. The van der Waals surface area contributed by atoms with Crippen LogP contribution in [0.1, 0.15) is 31.2 Å². The zero-order chi connectivity index (χ0) is 16.0. The molecule has 2 aromatic carbocycles. The van der Waals surface area contributed by atoms with Crippen LogP contribution in [0, 0.1) is 11.8 Å². The molecule has 0 spiro atoms. The third kappa shape index (κ3) is 2.91. The van der Waals surface area contributed by atoms with Crippen molar-refractivity contribution in [1.29, 1.82) is 0 Å². The van der Waals surface area contributed by atoms with Gasteiger partial charge in [0.25, 0.3) is 0 Å². The summed E-state index contributed by atoms with van der Waals surface area (Å²) in [6.45, 7) is 3.78. The number of fused-ring (bicyclic) bond motifs is 2. The first kappa shape index (κ1) is 17.2. The zero-order valence-corrected chi connectivity index (χ0v) is 14.8. The standard InChI is InChI=1S/C20H24N2O.ClH/c1-13(15-7-6-14-4-2-3-5-16(14)10-15)20(23)22-11-17-8-9-19(21)18(17)12-22;/h2-7,10,13,17-19H,8-9,11-12,21H2,1H3;1H. The van der Waals surface area contributed by atoms with E-state index in [0.29, 0.717) is 11.8 Å². The number of benzene rings is 2. The number of nitrogens with zero attached hydrogens (tertiary/aromatic N) is 1. The van der Waals surface area contributed by atoms with E-state index in [1.54, 1.807) is 0 Å². The molecule has 4 atom stereocenters. The molecule has 4 unspecified atom stereocenters. The number of hydrogen-bond donors (Lipinski definition) is 1. The minimum atomic E-state index is -0.0883. The van der Waals surface area contributed by atoms with Gasteiger partial charge in [0.1, 0.15) is 0 Å². The zero-order valence-electron chi connectivity index (χ0n) is 14.0. The van der Waals surface area contributed by atoms with Crippen molar-refractivity contribution in [2.45, 2.75) is 31.7 Å². The Bertz CT molecular complexity index is 747. The van der Waals surface area contributed by atoms with Crippen LogP contribution in [0.2, 0.25) is 0 Å². The molecule has 2 N–H and O–H groups in total. The minimum Gasteiger partial charge on any atom is -0.342 e. The van der Waals surface area contributed by atoms with Gasteiger partial charge in [-0.15, -0.1) is 12.4 Å². The molecule has 0 radical (unpaired) electrons. The van der Waals surface area contributed by atoms with Gasteiger partial charge in [0, 0.05) is 19.1 Å². The number of hydrogen-bond acceptors (Lipinski definition) is 2. The monoisotopic (exact) mass is 344 g/mol. The first-order valence-electron chi connectivity index (χ1n) is 8.66. The van der Waals surface area contributed by atoms with E-state index < -0.39 is 0 Å². The Morgan fingerprint density at radius 2 is 1.88 bits per heavy atom. The normalized spacial score (nSPS) is 26.9. The SMILES string of the molecule is CC(C(=O)N1CC2CCC(N)C2C1)c1ccc2ccccc2c1.Cl. The second-order valence-electron chi connectivity index (χ2n) is 7.24. The Morgan fingerprint density at radius 3 is 2.62 bits per heavy atom. The molecule has 0 bridgehead atoms. The van der Waals surface area contributed by atoms with Crippen LogP contribution >= 0.6 is 12.4 Å². The van der Waals surface area contributed by atoms with Gasteiger partial charge >= 0.3 is 0 Å². The molecule has 1 heterocycles. The highest BCUT2D eigenvalue weighted by Gasteiger charge is 2.43. The third-order valence-electron chi connectivity index (χ3n) is 5.87. The molecule has 128 valence electrons. The van der Waals surface area contributed by atoms with E-state index in [9.17, 15) is 4.79 Å². The van der Waals surface area contributed by atoms with E-state index in [-0.39, 0.29) is 30.3 Å². The van der Waals surface area contributed by atoms with Gasteiger partial charge in [-0.1, -0.05) is 42.5 Å². The molecule has 1 aliphatic carbocycles. The van der Waals surface area contributed by atoms with Gasteiger partial charge in [-0.3, -0.25) is 4.79 Å². The topological polar surface area (TPSA) is 46.3 Å². The number of nitrogens with two attached hydrogens (primary N) is 1. The highest BCUT2D eigenvalue weighted by molar-refractivity contribution is 5.87. The van der Waals surface area contributed by atoms with Crippen LogP contribution in [0.15, 0.2) is 42.5 Å². The maximum Gasteiger partial charge on any atom is 0.229 e. The van der Waals surface area contributed by atoms with Crippen molar-refractivity contribution in [3.8, 4) is 0 Å². The minimum absolute atomic E-state index is 0. The van der Waals surface area contributed by atoms with E-state index in [0.717, 1.165) is 25.1 Å². The molecule has 1 amide bonds. The summed E-state index contributed by atoms with van der Waals surface area (Å²) in [5.41, 5.74) is 7.30. The summed E-state index contributed by atoms with van der Waals surface area (Å²) in [6, 6.07) is 14.9. The molecule has 2 fully saturated rings. The van der Waals surface area contributed by atoms with Crippen molar-refractivity contribution in [2.24, 2.45) is 17.6 Å². The van der Waals surface area contributed by atoms with Crippen LogP contribution in [0.3, 0.4) is 0 Å². The van der Waals surface area contributed by atoms with Crippen molar-refractivity contribution in [2.75, 3.05) is 13.1 Å². The average Bonchev–Trinajstić information content (AvgIpc) is 3.15. The number of amides is 1. The fourth-order valence-electron chi connectivity index (χ4n) is 4.38. The lowest BCUT2D eigenvalue weighted by Gasteiger charge is -2.23. The quantitative estimate of drug-likeness (QED) is 0.905. The highest BCUT2D eigenvalue weighted by atomic mass is 35.5. The predicted molar refractivity (Wildman–Crippen MR) is 100 cm³/mol. The summed E-state index contributed by atoms with van der Waals surface area (Å²) in [7, 11) is 0. The number of carbonyl (C=O) groups is 1. The van der Waals surface area contributed by atoms with Gasteiger partial charge in [0.15, 0.2) is 0 Å². The Labute approximate surface area is 149 Å². The van der Waals surface area contributed by atoms with Crippen LogP contribution < -0.4 is 5.73 Å². The summed E-state index contributed by atoms with van der Waals surface area (Å²) in [5, 5.41) is 2.42. The first-order chi connectivity index (χ1) is 11.1. The molecular formula is C20H25ClN2O. The van der Waals surface area contributed by atoms with E-state index in [4.69, 9.17) is 5.73 Å². The van der Waals surface area contributed by atoms with Gasteiger partial charge in [-0.05, 0) is 47.9 Å². The lowest BCUT2D eigenvalue weighted by atomic mass is 9.96. The van der Waals surface area contributed by atoms with Gasteiger partial charge in [-0.2, -0.15) is 0 Å². The number of carbonyl (C=O) groups excluding carboxylic acids is 1. The van der Waals surface area contributed by atoms with Crippen LogP contribution in [-0.2, 0) is 4.79 Å². The maximum atomic E-state index is 12.9. The van der Waals surface area contributed by atoms with Gasteiger partial charge in [-0.25, -0.2) is 0 Å². The van der Waals surface area contributed by atoms with E-state index in [1.165, 1.54) is 17.2 Å². The van der Waals surface area contributed by atoms with Gasteiger partial charge < -0.3 is 10.6 Å². The van der Waals surface area contributed by atoms with Crippen molar-refractivity contribution >= 4 is 29.1 Å². The van der Waals surface area contributed by atoms with E-state index >= 15 is 0 Å². The smallest absolute Gasteiger partial charge is 0.229 e.